The van der Waals surface area contributed by atoms with E-state index in [1.165, 1.54) is 5.52 Å². The number of hydrogen-bond acceptors (Lipinski definition) is 4. The third-order valence-electron chi connectivity index (χ3n) is 4.36. The Balaban J connectivity index is 1.75. The smallest absolute Gasteiger partial charge is 0.129 e. The minimum absolute atomic E-state index is 0.733. The molecule has 24 heavy (non-hydrogen) atoms. The van der Waals surface area contributed by atoms with E-state index >= 15 is 0 Å². The number of para-hydroxylation sites is 2. The molecule has 3 heterocycles. The predicted octanol–water partition coefficient (Wildman–Crippen LogP) is 3.64. The van der Waals surface area contributed by atoms with Crippen LogP contribution in [0.2, 0.25) is 0 Å². The van der Waals surface area contributed by atoms with Crippen LogP contribution < -0.4 is 4.90 Å². The Morgan fingerprint density at radius 2 is 1.92 bits per heavy atom. The van der Waals surface area contributed by atoms with E-state index in [1.807, 2.05) is 30.6 Å². The molecule has 4 rings (SSSR count). The van der Waals surface area contributed by atoms with E-state index in [1.54, 1.807) is 6.20 Å². The molecule has 0 aliphatic heterocycles. The largest absolute Gasteiger partial charge is 0.366 e. The average molecular weight is 317 g/mol. The molecule has 4 aromatic rings. The predicted molar refractivity (Wildman–Crippen MR) is 97.1 cm³/mol. The van der Waals surface area contributed by atoms with Crippen molar-refractivity contribution in [1.82, 2.24) is 19.5 Å². The highest BCUT2D eigenvalue weighted by Crippen LogP contribution is 2.25. The summed E-state index contributed by atoms with van der Waals surface area (Å²) in [6.45, 7) is 3.79. The van der Waals surface area contributed by atoms with Gasteiger partial charge in [0.1, 0.15) is 5.82 Å². The van der Waals surface area contributed by atoms with Gasteiger partial charge in [-0.1, -0.05) is 12.1 Å². The van der Waals surface area contributed by atoms with Gasteiger partial charge < -0.3 is 9.47 Å². The quantitative estimate of drug-likeness (QED) is 0.576. The van der Waals surface area contributed by atoms with Crippen LogP contribution in [0.4, 0.5) is 5.69 Å². The molecule has 0 saturated carbocycles. The summed E-state index contributed by atoms with van der Waals surface area (Å²) in [6, 6.07) is 12.3. The molecule has 0 unspecified atom stereocenters. The van der Waals surface area contributed by atoms with Gasteiger partial charge in [0.25, 0.3) is 0 Å². The highest BCUT2D eigenvalue weighted by Gasteiger charge is 2.13. The van der Waals surface area contributed by atoms with Crippen molar-refractivity contribution in [2.24, 2.45) is 0 Å². The van der Waals surface area contributed by atoms with Crippen molar-refractivity contribution < 1.29 is 0 Å². The zero-order valence-corrected chi connectivity index (χ0v) is 13.8. The van der Waals surface area contributed by atoms with Crippen LogP contribution in [0, 0.1) is 0 Å². The zero-order valence-electron chi connectivity index (χ0n) is 13.8. The molecule has 0 amide bonds. The topological polar surface area (TPSA) is 46.8 Å². The maximum absolute atomic E-state index is 4.82. The summed E-state index contributed by atoms with van der Waals surface area (Å²) in [4.78, 5) is 15.7. The van der Waals surface area contributed by atoms with Crippen LogP contribution in [0.1, 0.15) is 12.7 Å². The summed E-state index contributed by atoms with van der Waals surface area (Å²) in [5.74, 6) is 1.06. The molecule has 0 atom stereocenters. The number of rotatable bonds is 4. The number of aryl methyl sites for hydroxylation is 1. The Labute approximate surface area is 140 Å². The van der Waals surface area contributed by atoms with Gasteiger partial charge in [0.05, 0.1) is 23.1 Å². The van der Waals surface area contributed by atoms with Crippen LogP contribution in [0.5, 0.6) is 0 Å². The van der Waals surface area contributed by atoms with Gasteiger partial charge in [-0.25, -0.2) is 4.98 Å². The lowest BCUT2D eigenvalue weighted by molar-refractivity contribution is 0.703. The summed E-state index contributed by atoms with van der Waals surface area (Å²) in [5, 5.41) is 1.06. The van der Waals surface area contributed by atoms with Gasteiger partial charge in [-0.15, -0.1) is 0 Å². The molecule has 0 bridgehead atoms. The number of pyridine rings is 2. The number of fused-ring (bicyclic) bond motifs is 2. The second kappa shape index (κ2) is 5.92. The van der Waals surface area contributed by atoms with Gasteiger partial charge in [0.15, 0.2) is 0 Å². The molecule has 120 valence electrons. The number of hydrogen-bond donors (Lipinski definition) is 0. The van der Waals surface area contributed by atoms with Crippen LogP contribution in [0.25, 0.3) is 21.9 Å². The zero-order chi connectivity index (χ0) is 16.5. The van der Waals surface area contributed by atoms with Gasteiger partial charge in [-0.05, 0) is 31.2 Å². The fourth-order valence-corrected chi connectivity index (χ4v) is 3.20. The van der Waals surface area contributed by atoms with Crippen molar-refractivity contribution in [3.8, 4) is 0 Å². The molecule has 0 N–H and O–H groups in total. The highest BCUT2D eigenvalue weighted by molar-refractivity contribution is 5.90. The molecular weight excluding hydrogens is 298 g/mol. The summed E-state index contributed by atoms with van der Waals surface area (Å²) in [5.41, 5.74) is 4.30. The van der Waals surface area contributed by atoms with Gasteiger partial charge in [-0.2, -0.15) is 0 Å². The molecule has 1 aromatic carbocycles. The van der Waals surface area contributed by atoms with Crippen LogP contribution in [-0.2, 0) is 13.1 Å². The summed E-state index contributed by atoms with van der Waals surface area (Å²) in [7, 11) is 2.08. The highest BCUT2D eigenvalue weighted by atomic mass is 15.2. The van der Waals surface area contributed by atoms with Crippen molar-refractivity contribution in [2.45, 2.75) is 20.0 Å². The average Bonchev–Trinajstić information content (AvgIpc) is 2.98. The molecule has 3 aromatic heterocycles. The maximum Gasteiger partial charge on any atom is 0.129 e. The first-order valence-electron chi connectivity index (χ1n) is 8.12. The number of aromatic nitrogens is 4. The van der Waals surface area contributed by atoms with Crippen molar-refractivity contribution in [3.63, 3.8) is 0 Å². The van der Waals surface area contributed by atoms with E-state index in [0.29, 0.717) is 0 Å². The van der Waals surface area contributed by atoms with Gasteiger partial charge >= 0.3 is 0 Å². The normalized spacial score (nSPS) is 11.2. The molecular formula is C19H19N5. The van der Waals surface area contributed by atoms with E-state index in [2.05, 4.69) is 51.6 Å². The molecule has 0 aliphatic rings. The summed E-state index contributed by atoms with van der Waals surface area (Å²) in [6.07, 6.45) is 5.49. The standard InChI is InChI=1S/C19H19N5/c1-3-24-18-7-5-4-6-16(18)22-19(24)13-23(2)17-9-11-21-15-8-10-20-12-14(15)17/h4-12H,3,13H2,1-2H3. The molecule has 0 radical (unpaired) electrons. The van der Waals surface area contributed by atoms with E-state index in [4.69, 9.17) is 4.98 Å². The van der Waals surface area contributed by atoms with Crippen molar-refractivity contribution >= 4 is 27.6 Å². The van der Waals surface area contributed by atoms with Crippen LogP contribution in [0.15, 0.2) is 55.0 Å². The van der Waals surface area contributed by atoms with Gasteiger partial charge in [-0.3, -0.25) is 9.97 Å². The minimum atomic E-state index is 0.733. The Bertz CT molecular complexity index is 1000. The third kappa shape index (κ3) is 2.38. The molecule has 0 aliphatic carbocycles. The van der Waals surface area contributed by atoms with Crippen molar-refractivity contribution in [1.29, 1.82) is 0 Å². The molecule has 0 spiro atoms. The Kier molecular flexibility index (Phi) is 3.61. The Morgan fingerprint density at radius 3 is 2.79 bits per heavy atom. The number of nitrogens with zero attached hydrogens (tertiary/aromatic N) is 5. The monoisotopic (exact) mass is 317 g/mol. The second-order valence-electron chi connectivity index (χ2n) is 5.84. The lowest BCUT2D eigenvalue weighted by atomic mass is 10.2. The fourth-order valence-electron chi connectivity index (χ4n) is 3.20. The van der Waals surface area contributed by atoms with Gasteiger partial charge in [0, 0.05) is 43.3 Å². The lowest BCUT2D eigenvalue weighted by Gasteiger charge is -2.21. The minimum Gasteiger partial charge on any atom is -0.366 e. The molecule has 5 nitrogen and oxygen atoms in total. The maximum atomic E-state index is 4.82. The summed E-state index contributed by atoms with van der Waals surface area (Å²) < 4.78 is 2.27. The summed E-state index contributed by atoms with van der Waals surface area (Å²) >= 11 is 0. The number of anilines is 1. The van der Waals surface area contributed by atoms with E-state index in [0.717, 1.165) is 41.0 Å². The first-order valence-corrected chi connectivity index (χ1v) is 8.12. The molecule has 5 heteroatoms. The number of benzene rings is 1. The van der Waals surface area contributed by atoms with Crippen molar-refractivity contribution in [2.75, 3.05) is 11.9 Å². The second-order valence-corrected chi connectivity index (χ2v) is 5.84. The third-order valence-corrected chi connectivity index (χ3v) is 4.36. The Hall–Kier alpha value is -2.95. The SMILES string of the molecule is CCn1c(CN(C)c2ccnc3ccncc23)nc2ccccc21. The first-order chi connectivity index (χ1) is 11.8. The fraction of sp³-hybridized carbons (Fsp3) is 0.211. The van der Waals surface area contributed by atoms with Crippen LogP contribution >= 0.6 is 0 Å². The Morgan fingerprint density at radius 1 is 1.04 bits per heavy atom. The lowest BCUT2D eigenvalue weighted by Crippen LogP contribution is -2.20. The van der Waals surface area contributed by atoms with Gasteiger partial charge in [0.2, 0.25) is 0 Å². The van der Waals surface area contributed by atoms with E-state index in [9.17, 15) is 0 Å². The molecule has 0 fully saturated rings. The number of imidazole rings is 1. The van der Waals surface area contributed by atoms with Crippen LogP contribution in [-0.4, -0.2) is 26.6 Å². The van der Waals surface area contributed by atoms with E-state index < -0.39 is 0 Å². The first kappa shape index (κ1) is 14.6. The van der Waals surface area contributed by atoms with Crippen LogP contribution in [0.3, 0.4) is 0 Å². The van der Waals surface area contributed by atoms with E-state index in [-0.39, 0.29) is 0 Å². The molecule has 0 saturated heterocycles. The van der Waals surface area contributed by atoms with Crippen molar-refractivity contribution in [3.05, 3.63) is 60.8 Å².